The molecule has 1 aliphatic rings. The summed E-state index contributed by atoms with van der Waals surface area (Å²) in [4.78, 5) is 24.9. The Labute approximate surface area is 163 Å². The van der Waals surface area contributed by atoms with E-state index < -0.39 is 0 Å². The summed E-state index contributed by atoms with van der Waals surface area (Å²) in [6, 6.07) is 15.2. The van der Waals surface area contributed by atoms with Crippen LogP contribution in [0, 0.1) is 27.7 Å². The molecule has 0 aliphatic carbocycles. The molecule has 0 bridgehead atoms. The number of nitrogens with zero attached hydrogens (tertiary/aromatic N) is 3. The molecule has 5 heteroatoms. The first-order chi connectivity index (χ1) is 13.4. The van der Waals surface area contributed by atoms with Crippen LogP contribution >= 0.6 is 0 Å². The van der Waals surface area contributed by atoms with Crippen LogP contribution in [0.25, 0.3) is 5.69 Å². The Kier molecular flexibility index (Phi) is 4.23. The van der Waals surface area contributed by atoms with Gasteiger partial charge in [0.2, 0.25) is 0 Å². The highest BCUT2D eigenvalue weighted by atomic mass is 16.2. The van der Waals surface area contributed by atoms with Crippen molar-refractivity contribution in [1.82, 2.24) is 9.58 Å². The van der Waals surface area contributed by atoms with E-state index in [-0.39, 0.29) is 11.8 Å². The van der Waals surface area contributed by atoms with Crippen LogP contribution < -0.4 is 0 Å². The highest BCUT2D eigenvalue weighted by Crippen LogP contribution is 2.24. The van der Waals surface area contributed by atoms with Gasteiger partial charge in [0.25, 0.3) is 11.8 Å². The second-order valence-corrected chi connectivity index (χ2v) is 7.22. The van der Waals surface area contributed by atoms with Gasteiger partial charge in [0.15, 0.2) is 0 Å². The van der Waals surface area contributed by atoms with Crippen LogP contribution in [0.5, 0.6) is 0 Å². The number of hydrogen-bond acceptors (Lipinski definition) is 3. The molecule has 0 N–H and O–H groups in total. The lowest BCUT2D eigenvalue weighted by atomic mass is 10.1. The molecule has 4 rings (SSSR count). The molecule has 2 aromatic carbocycles. The van der Waals surface area contributed by atoms with Crippen LogP contribution in [0.15, 0.2) is 53.6 Å². The van der Waals surface area contributed by atoms with Gasteiger partial charge in [-0.1, -0.05) is 18.2 Å². The van der Waals surface area contributed by atoms with Gasteiger partial charge < -0.3 is 4.57 Å². The lowest BCUT2D eigenvalue weighted by Crippen LogP contribution is -2.24. The van der Waals surface area contributed by atoms with Gasteiger partial charge in [-0.25, -0.2) is 0 Å². The minimum absolute atomic E-state index is 0.389. The van der Waals surface area contributed by atoms with E-state index in [4.69, 9.17) is 0 Å². The molecule has 2 heterocycles. The van der Waals surface area contributed by atoms with Crippen LogP contribution in [-0.4, -0.2) is 27.6 Å². The normalized spacial score (nSPS) is 13.6. The molecule has 1 aromatic heterocycles. The first-order valence-electron chi connectivity index (χ1n) is 9.16. The SMILES string of the molecule is Cc1cc(C)cc(-n2c(C)cc(/C=N\N3C(=O)c4ccccc4C3=O)c2C)c1. The van der Waals surface area contributed by atoms with Crippen molar-refractivity contribution >= 4 is 18.0 Å². The third-order valence-electron chi connectivity index (χ3n) is 5.02. The Morgan fingerprint density at radius 2 is 1.39 bits per heavy atom. The Hall–Kier alpha value is -3.47. The van der Waals surface area contributed by atoms with E-state index in [1.807, 2.05) is 19.9 Å². The van der Waals surface area contributed by atoms with Crippen molar-refractivity contribution in [3.63, 3.8) is 0 Å². The van der Waals surface area contributed by atoms with Gasteiger partial charge in [-0.3, -0.25) is 9.59 Å². The number of amides is 2. The standard InChI is InChI=1S/C23H21N3O2/c1-14-9-15(2)11-19(10-14)25-16(3)12-18(17(25)4)13-24-26-22(27)20-7-5-6-8-21(20)23(26)28/h5-13H,1-4H3/b24-13-. The summed E-state index contributed by atoms with van der Waals surface area (Å²) in [6.45, 7) is 8.20. The maximum absolute atomic E-state index is 12.5. The molecule has 3 aromatic rings. The predicted molar refractivity (Wildman–Crippen MR) is 109 cm³/mol. The van der Waals surface area contributed by atoms with E-state index in [0.717, 1.165) is 27.6 Å². The lowest BCUT2D eigenvalue weighted by molar-refractivity contribution is 0.0660. The van der Waals surface area contributed by atoms with Crippen LogP contribution in [-0.2, 0) is 0 Å². The molecule has 0 radical (unpaired) electrons. The summed E-state index contributed by atoms with van der Waals surface area (Å²) in [5.74, 6) is -0.778. The van der Waals surface area contributed by atoms with Gasteiger partial charge in [-0.15, -0.1) is 0 Å². The molecule has 0 fully saturated rings. The van der Waals surface area contributed by atoms with Gasteiger partial charge in [0, 0.05) is 22.6 Å². The zero-order chi connectivity index (χ0) is 20.0. The van der Waals surface area contributed by atoms with Gasteiger partial charge in [0.1, 0.15) is 0 Å². The topological polar surface area (TPSA) is 54.7 Å². The molecule has 0 unspecified atom stereocenters. The summed E-state index contributed by atoms with van der Waals surface area (Å²) >= 11 is 0. The molecule has 0 atom stereocenters. The predicted octanol–water partition coefficient (Wildman–Crippen LogP) is 4.34. The van der Waals surface area contributed by atoms with Crippen LogP contribution in [0.3, 0.4) is 0 Å². The van der Waals surface area contributed by atoms with E-state index in [2.05, 4.69) is 41.7 Å². The summed E-state index contributed by atoms with van der Waals surface area (Å²) in [7, 11) is 0. The summed E-state index contributed by atoms with van der Waals surface area (Å²) in [5, 5.41) is 5.15. The fourth-order valence-electron chi connectivity index (χ4n) is 3.80. The fourth-order valence-corrected chi connectivity index (χ4v) is 3.80. The number of fused-ring (bicyclic) bond motifs is 1. The monoisotopic (exact) mass is 371 g/mol. The minimum atomic E-state index is -0.389. The lowest BCUT2D eigenvalue weighted by Gasteiger charge is -2.12. The highest BCUT2D eigenvalue weighted by Gasteiger charge is 2.35. The minimum Gasteiger partial charge on any atom is -0.318 e. The fraction of sp³-hybridized carbons (Fsp3) is 0.174. The average molecular weight is 371 g/mol. The van der Waals surface area contributed by atoms with Crippen molar-refractivity contribution in [2.75, 3.05) is 0 Å². The summed E-state index contributed by atoms with van der Waals surface area (Å²) in [6.07, 6.45) is 1.59. The molecule has 0 spiro atoms. The Morgan fingerprint density at radius 3 is 1.96 bits per heavy atom. The highest BCUT2D eigenvalue weighted by molar-refractivity contribution is 6.21. The van der Waals surface area contributed by atoms with Gasteiger partial charge in [-0.2, -0.15) is 10.1 Å². The van der Waals surface area contributed by atoms with E-state index in [0.29, 0.717) is 11.1 Å². The first-order valence-corrected chi connectivity index (χ1v) is 9.16. The van der Waals surface area contributed by atoms with Crippen LogP contribution in [0.1, 0.15) is 48.8 Å². The van der Waals surface area contributed by atoms with Crippen LogP contribution in [0.4, 0.5) is 0 Å². The molecule has 5 nitrogen and oxygen atoms in total. The number of hydrogen-bond donors (Lipinski definition) is 0. The number of aromatic nitrogens is 1. The second kappa shape index (κ2) is 6.60. The number of imide groups is 1. The number of carbonyl (C=O) groups excluding carboxylic acids is 2. The number of aryl methyl sites for hydroxylation is 3. The molecule has 140 valence electrons. The molecule has 1 aliphatic heterocycles. The Bertz CT molecular complexity index is 1100. The summed E-state index contributed by atoms with van der Waals surface area (Å²) < 4.78 is 2.16. The van der Waals surface area contributed by atoms with Gasteiger partial charge in [0.05, 0.1) is 17.3 Å². The smallest absolute Gasteiger partial charge is 0.282 e. The number of hydrazone groups is 1. The van der Waals surface area contributed by atoms with E-state index in [1.165, 1.54) is 11.1 Å². The third kappa shape index (κ3) is 2.85. The van der Waals surface area contributed by atoms with Crippen molar-refractivity contribution in [1.29, 1.82) is 0 Å². The van der Waals surface area contributed by atoms with E-state index >= 15 is 0 Å². The van der Waals surface area contributed by atoms with Crippen molar-refractivity contribution in [3.05, 3.63) is 87.7 Å². The van der Waals surface area contributed by atoms with Crippen molar-refractivity contribution < 1.29 is 9.59 Å². The summed E-state index contributed by atoms with van der Waals surface area (Å²) in [5.41, 5.74) is 7.21. The van der Waals surface area contributed by atoms with Crippen LogP contribution in [0.2, 0.25) is 0 Å². The second-order valence-electron chi connectivity index (χ2n) is 7.22. The first kappa shape index (κ1) is 17.9. The third-order valence-corrected chi connectivity index (χ3v) is 5.02. The van der Waals surface area contributed by atoms with Crippen molar-refractivity contribution in [2.24, 2.45) is 5.10 Å². The molecular formula is C23H21N3O2. The molecule has 28 heavy (non-hydrogen) atoms. The molecule has 0 saturated carbocycles. The zero-order valence-corrected chi connectivity index (χ0v) is 16.4. The maximum Gasteiger partial charge on any atom is 0.282 e. The molecule has 0 saturated heterocycles. The maximum atomic E-state index is 12.5. The van der Waals surface area contributed by atoms with Crippen molar-refractivity contribution in [3.8, 4) is 5.69 Å². The Morgan fingerprint density at radius 1 is 0.821 bits per heavy atom. The zero-order valence-electron chi connectivity index (χ0n) is 16.4. The molecule has 2 amide bonds. The number of carbonyl (C=O) groups is 2. The number of benzene rings is 2. The quantitative estimate of drug-likeness (QED) is 0.508. The average Bonchev–Trinajstić information content (AvgIpc) is 3.06. The number of rotatable bonds is 3. The van der Waals surface area contributed by atoms with Gasteiger partial charge >= 0.3 is 0 Å². The van der Waals surface area contributed by atoms with E-state index in [1.54, 1.807) is 30.5 Å². The molecular weight excluding hydrogens is 350 g/mol. The van der Waals surface area contributed by atoms with Crippen molar-refractivity contribution in [2.45, 2.75) is 27.7 Å². The van der Waals surface area contributed by atoms with E-state index in [9.17, 15) is 9.59 Å². The Balaban J connectivity index is 1.69. The van der Waals surface area contributed by atoms with Gasteiger partial charge in [-0.05, 0) is 69.2 Å². The largest absolute Gasteiger partial charge is 0.318 e.